The topological polar surface area (TPSA) is 78.8 Å². The van der Waals surface area contributed by atoms with E-state index < -0.39 is 10.0 Å². The first kappa shape index (κ1) is 16.8. The summed E-state index contributed by atoms with van der Waals surface area (Å²) in [5, 5.41) is 13.8. The van der Waals surface area contributed by atoms with Crippen LogP contribution in [0.25, 0.3) is 0 Å². The lowest BCUT2D eigenvalue weighted by Gasteiger charge is -2.06. The van der Waals surface area contributed by atoms with Crippen LogP contribution in [0.3, 0.4) is 0 Å². The van der Waals surface area contributed by atoms with Gasteiger partial charge in [-0.3, -0.25) is 0 Å². The van der Waals surface area contributed by atoms with Crippen LogP contribution < -0.4 is 4.83 Å². The number of sulfonamides is 1. The van der Waals surface area contributed by atoms with Gasteiger partial charge in [-0.05, 0) is 37.1 Å². The molecule has 2 N–H and O–H groups in total. The van der Waals surface area contributed by atoms with Crippen LogP contribution in [-0.2, 0) is 16.4 Å². The predicted molar refractivity (Wildman–Crippen MR) is 91.1 cm³/mol. The molecule has 0 heterocycles. The van der Waals surface area contributed by atoms with Crippen molar-refractivity contribution in [3.8, 4) is 5.75 Å². The molecular weight excluding hydrogens is 312 g/mol. The van der Waals surface area contributed by atoms with Gasteiger partial charge in [-0.2, -0.15) is 13.5 Å². The first-order valence-corrected chi connectivity index (χ1v) is 8.45. The molecule has 2 rings (SSSR count). The molecule has 0 amide bonds. The summed E-state index contributed by atoms with van der Waals surface area (Å²) in [7, 11) is -3.73. The van der Waals surface area contributed by atoms with Crippen LogP contribution in [0.4, 0.5) is 0 Å². The summed E-state index contributed by atoms with van der Waals surface area (Å²) in [5.74, 6) is 0.0608. The number of phenols is 1. The standard InChI is InChI=1S/C17H18N2O3S/c1-3-5-14-6-4-7-15(17(14)20)12-18-19-23(21,22)16-10-8-13(2)9-11-16/h3-4,6-12,19-20H,1,5H2,2H3. The average molecular weight is 330 g/mol. The van der Waals surface area contributed by atoms with Gasteiger partial charge in [0.2, 0.25) is 0 Å². The molecule has 0 bridgehead atoms. The molecule has 6 heteroatoms. The van der Waals surface area contributed by atoms with Crippen molar-refractivity contribution >= 4 is 16.2 Å². The molecule has 0 aromatic heterocycles. The van der Waals surface area contributed by atoms with Gasteiger partial charge in [-0.1, -0.05) is 35.9 Å². The monoisotopic (exact) mass is 330 g/mol. The molecule has 0 aliphatic heterocycles. The molecular formula is C17H18N2O3S. The molecule has 0 saturated carbocycles. The zero-order valence-electron chi connectivity index (χ0n) is 12.7. The quantitative estimate of drug-likeness (QED) is 0.485. The van der Waals surface area contributed by atoms with Crippen molar-refractivity contribution in [2.24, 2.45) is 5.10 Å². The van der Waals surface area contributed by atoms with Gasteiger partial charge in [0.1, 0.15) is 5.75 Å². The molecule has 0 fully saturated rings. The van der Waals surface area contributed by atoms with Crippen LogP contribution >= 0.6 is 0 Å². The van der Waals surface area contributed by atoms with Crippen LogP contribution in [-0.4, -0.2) is 19.7 Å². The summed E-state index contributed by atoms with van der Waals surface area (Å²) in [6.45, 7) is 5.50. The second-order valence-electron chi connectivity index (χ2n) is 5.01. The first-order valence-electron chi connectivity index (χ1n) is 6.97. The predicted octanol–water partition coefficient (Wildman–Crippen LogP) is 2.74. The molecule has 0 radical (unpaired) electrons. The Morgan fingerprint density at radius 2 is 1.91 bits per heavy atom. The summed E-state index contributed by atoms with van der Waals surface area (Å²) in [6.07, 6.45) is 3.46. The highest BCUT2D eigenvalue weighted by atomic mass is 32.2. The Bertz CT molecular complexity index is 825. The average Bonchev–Trinajstić information content (AvgIpc) is 2.51. The van der Waals surface area contributed by atoms with E-state index in [9.17, 15) is 13.5 Å². The summed E-state index contributed by atoms with van der Waals surface area (Å²) in [6, 6.07) is 11.6. The van der Waals surface area contributed by atoms with E-state index in [4.69, 9.17) is 0 Å². The molecule has 23 heavy (non-hydrogen) atoms. The van der Waals surface area contributed by atoms with Crippen LogP contribution in [0, 0.1) is 6.92 Å². The fraction of sp³-hybridized carbons (Fsp3) is 0.118. The Morgan fingerprint density at radius 1 is 1.22 bits per heavy atom. The zero-order valence-corrected chi connectivity index (χ0v) is 13.5. The number of hydrogen-bond acceptors (Lipinski definition) is 4. The Labute approximate surface area is 136 Å². The number of benzene rings is 2. The highest BCUT2D eigenvalue weighted by Crippen LogP contribution is 2.21. The van der Waals surface area contributed by atoms with Gasteiger partial charge in [-0.15, -0.1) is 6.58 Å². The van der Waals surface area contributed by atoms with E-state index in [1.54, 1.807) is 36.4 Å². The van der Waals surface area contributed by atoms with Gasteiger partial charge in [-0.25, -0.2) is 4.83 Å². The van der Waals surface area contributed by atoms with Gasteiger partial charge in [0.15, 0.2) is 0 Å². The van der Waals surface area contributed by atoms with Crippen molar-refractivity contribution in [2.75, 3.05) is 0 Å². The van der Waals surface area contributed by atoms with Gasteiger partial charge >= 0.3 is 0 Å². The minimum absolute atomic E-state index is 0.0608. The lowest BCUT2D eigenvalue weighted by atomic mass is 10.1. The Balaban J connectivity index is 2.17. The van der Waals surface area contributed by atoms with E-state index in [1.807, 2.05) is 6.92 Å². The number of aromatic hydroxyl groups is 1. The van der Waals surface area contributed by atoms with Gasteiger partial charge < -0.3 is 5.11 Å². The van der Waals surface area contributed by atoms with Crippen molar-refractivity contribution in [2.45, 2.75) is 18.2 Å². The van der Waals surface area contributed by atoms with Crippen molar-refractivity contribution in [1.29, 1.82) is 0 Å². The van der Waals surface area contributed by atoms with E-state index in [0.29, 0.717) is 17.5 Å². The molecule has 2 aromatic rings. The third kappa shape index (κ3) is 4.20. The summed E-state index contributed by atoms with van der Waals surface area (Å²) >= 11 is 0. The lowest BCUT2D eigenvalue weighted by molar-refractivity contribution is 0.469. The highest BCUT2D eigenvalue weighted by Gasteiger charge is 2.12. The fourth-order valence-electron chi connectivity index (χ4n) is 1.97. The number of para-hydroxylation sites is 1. The lowest BCUT2D eigenvalue weighted by Crippen LogP contribution is -2.18. The number of phenolic OH excluding ortho intramolecular Hbond substituents is 1. The Morgan fingerprint density at radius 3 is 2.57 bits per heavy atom. The normalized spacial score (nSPS) is 11.5. The summed E-state index contributed by atoms with van der Waals surface area (Å²) in [4.78, 5) is 2.26. The molecule has 0 saturated heterocycles. The van der Waals surface area contributed by atoms with Crippen molar-refractivity contribution < 1.29 is 13.5 Å². The maximum atomic E-state index is 12.1. The molecule has 2 aromatic carbocycles. The van der Waals surface area contributed by atoms with E-state index >= 15 is 0 Å². The van der Waals surface area contributed by atoms with Crippen molar-refractivity contribution in [3.05, 3.63) is 71.8 Å². The first-order chi connectivity index (χ1) is 10.9. The zero-order chi connectivity index (χ0) is 16.9. The summed E-state index contributed by atoms with van der Waals surface area (Å²) < 4.78 is 24.2. The molecule has 0 spiro atoms. The van der Waals surface area contributed by atoms with Crippen LogP contribution in [0.15, 0.2) is 65.1 Å². The van der Waals surface area contributed by atoms with Crippen LogP contribution in [0.2, 0.25) is 0 Å². The largest absolute Gasteiger partial charge is 0.507 e. The maximum absolute atomic E-state index is 12.1. The van der Waals surface area contributed by atoms with E-state index in [0.717, 1.165) is 5.56 Å². The van der Waals surface area contributed by atoms with Crippen LogP contribution in [0.1, 0.15) is 16.7 Å². The number of rotatable bonds is 6. The summed E-state index contributed by atoms with van der Waals surface area (Å²) in [5.41, 5.74) is 2.10. The van der Waals surface area contributed by atoms with Crippen molar-refractivity contribution in [1.82, 2.24) is 4.83 Å². The minimum Gasteiger partial charge on any atom is -0.507 e. The third-order valence-corrected chi connectivity index (χ3v) is 4.46. The third-order valence-electron chi connectivity index (χ3n) is 3.22. The number of nitrogens with zero attached hydrogens (tertiary/aromatic N) is 1. The fourth-order valence-corrected chi connectivity index (χ4v) is 2.76. The van der Waals surface area contributed by atoms with Gasteiger partial charge in [0, 0.05) is 5.56 Å². The molecule has 120 valence electrons. The number of nitrogens with one attached hydrogen (secondary N) is 1. The van der Waals surface area contributed by atoms with E-state index in [2.05, 4.69) is 16.5 Å². The van der Waals surface area contributed by atoms with Crippen molar-refractivity contribution in [3.63, 3.8) is 0 Å². The second kappa shape index (κ2) is 7.11. The Kier molecular flexibility index (Phi) is 5.18. The SMILES string of the molecule is C=CCc1cccc(C=NNS(=O)(=O)c2ccc(C)cc2)c1O. The number of aryl methyl sites for hydroxylation is 1. The molecule has 0 atom stereocenters. The number of hydrogen-bond donors (Lipinski definition) is 2. The number of hydrazone groups is 1. The van der Waals surface area contributed by atoms with Crippen LogP contribution in [0.5, 0.6) is 5.75 Å². The smallest absolute Gasteiger partial charge is 0.276 e. The minimum atomic E-state index is -3.73. The molecule has 0 unspecified atom stereocenters. The maximum Gasteiger partial charge on any atom is 0.276 e. The second-order valence-corrected chi connectivity index (χ2v) is 6.67. The molecule has 0 aliphatic carbocycles. The van der Waals surface area contributed by atoms with E-state index in [-0.39, 0.29) is 10.6 Å². The van der Waals surface area contributed by atoms with Gasteiger partial charge in [0.25, 0.3) is 10.0 Å². The van der Waals surface area contributed by atoms with E-state index in [1.165, 1.54) is 18.3 Å². The number of allylic oxidation sites excluding steroid dienone is 1. The molecule has 0 aliphatic rings. The molecule has 5 nitrogen and oxygen atoms in total. The van der Waals surface area contributed by atoms with Gasteiger partial charge in [0.05, 0.1) is 11.1 Å². The Hall–Kier alpha value is -2.60. The highest BCUT2D eigenvalue weighted by molar-refractivity contribution is 7.89.